The highest BCUT2D eigenvalue weighted by molar-refractivity contribution is 14.0. The van der Waals surface area contributed by atoms with Gasteiger partial charge in [-0.05, 0) is 43.0 Å². The molecule has 0 aliphatic carbocycles. The number of guanidine groups is 1. The fourth-order valence-corrected chi connectivity index (χ4v) is 3.05. The van der Waals surface area contributed by atoms with E-state index in [1.165, 1.54) is 0 Å². The van der Waals surface area contributed by atoms with Crippen molar-refractivity contribution in [1.82, 2.24) is 10.6 Å². The molecule has 1 aliphatic heterocycles. The van der Waals surface area contributed by atoms with Crippen LogP contribution in [0.1, 0.15) is 18.4 Å². The molecule has 1 aromatic rings. The third-order valence-electron chi connectivity index (χ3n) is 3.71. The number of ether oxygens (including phenoxy) is 2. The summed E-state index contributed by atoms with van der Waals surface area (Å²) < 4.78 is 11.0. The van der Waals surface area contributed by atoms with Crippen LogP contribution in [0.25, 0.3) is 0 Å². The second-order valence-corrected chi connectivity index (χ2v) is 6.54. The maximum atomic E-state index is 6.00. The lowest BCUT2D eigenvalue weighted by molar-refractivity contribution is 0.0420. The van der Waals surface area contributed by atoms with Gasteiger partial charge in [0, 0.05) is 43.4 Å². The average molecular weight is 502 g/mol. The van der Waals surface area contributed by atoms with E-state index in [0.717, 1.165) is 63.7 Å². The number of aliphatic imine (C=N–C) groups is 1. The zero-order valence-corrected chi connectivity index (χ0v) is 18.2. The SMILES string of the molecule is CN=C(NCCCOC1CCOC1)NCCc1cc(Cl)cc(Cl)c1.I. The quantitative estimate of drug-likeness (QED) is 0.248. The van der Waals surface area contributed by atoms with Gasteiger partial charge >= 0.3 is 0 Å². The van der Waals surface area contributed by atoms with Gasteiger partial charge in [0.2, 0.25) is 0 Å². The number of nitrogens with one attached hydrogen (secondary N) is 2. The molecule has 1 aromatic carbocycles. The average Bonchev–Trinajstić information content (AvgIpc) is 3.05. The maximum absolute atomic E-state index is 6.00. The Labute approximate surface area is 176 Å². The molecule has 0 aromatic heterocycles. The summed E-state index contributed by atoms with van der Waals surface area (Å²) in [7, 11) is 1.76. The second kappa shape index (κ2) is 13.0. The van der Waals surface area contributed by atoms with Crippen molar-refractivity contribution in [3.8, 4) is 0 Å². The first-order chi connectivity index (χ1) is 11.7. The monoisotopic (exact) mass is 501 g/mol. The van der Waals surface area contributed by atoms with Crippen LogP contribution >= 0.6 is 47.2 Å². The first-order valence-electron chi connectivity index (χ1n) is 8.26. The Balaban J connectivity index is 0.00000312. The van der Waals surface area contributed by atoms with Crippen LogP contribution in [0.15, 0.2) is 23.2 Å². The third kappa shape index (κ3) is 9.28. The van der Waals surface area contributed by atoms with E-state index in [4.69, 9.17) is 32.7 Å². The van der Waals surface area contributed by atoms with Crippen molar-refractivity contribution in [2.24, 2.45) is 4.99 Å². The molecule has 0 spiro atoms. The lowest BCUT2D eigenvalue weighted by Crippen LogP contribution is -2.39. The van der Waals surface area contributed by atoms with Gasteiger partial charge < -0.3 is 20.1 Å². The van der Waals surface area contributed by atoms with Crippen LogP contribution in [0.4, 0.5) is 0 Å². The van der Waals surface area contributed by atoms with Crippen molar-refractivity contribution >= 4 is 53.1 Å². The van der Waals surface area contributed by atoms with Gasteiger partial charge in [-0.25, -0.2) is 0 Å². The van der Waals surface area contributed by atoms with Crippen molar-refractivity contribution in [3.63, 3.8) is 0 Å². The molecule has 8 heteroatoms. The standard InChI is InChI=1S/C17H25Cl2N3O2.HI/c1-20-17(21-5-2-7-24-16-4-8-23-12-16)22-6-3-13-9-14(18)11-15(19)10-13;/h9-11,16H,2-8,12H2,1H3,(H2,20,21,22);1H. The van der Waals surface area contributed by atoms with Crippen LogP contribution < -0.4 is 10.6 Å². The van der Waals surface area contributed by atoms with Gasteiger partial charge in [-0.1, -0.05) is 23.2 Å². The smallest absolute Gasteiger partial charge is 0.190 e. The van der Waals surface area contributed by atoms with E-state index >= 15 is 0 Å². The van der Waals surface area contributed by atoms with E-state index in [-0.39, 0.29) is 30.1 Å². The van der Waals surface area contributed by atoms with Crippen molar-refractivity contribution < 1.29 is 9.47 Å². The molecular weight excluding hydrogens is 476 g/mol. The van der Waals surface area contributed by atoms with Crippen LogP contribution in [-0.2, 0) is 15.9 Å². The molecule has 0 radical (unpaired) electrons. The normalized spacial score (nSPS) is 17.2. The van der Waals surface area contributed by atoms with E-state index < -0.39 is 0 Å². The van der Waals surface area contributed by atoms with Gasteiger partial charge in [0.15, 0.2) is 5.96 Å². The van der Waals surface area contributed by atoms with E-state index in [2.05, 4.69) is 15.6 Å². The summed E-state index contributed by atoms with van der Waals surface area (Å²) in [6, 6.07) is 5.59. The number of hydrogen-bond acceptors (Lipinski definition) is 3. The van der Waals surface area contributed by atoms with Crippen LogP contribution in [0, 0.1) is 0 Å². The van der Waals surface area contributed by atoms with E-state index in [1.54, 1.807) is 13.1 Å². The molecular formula is C17H26Cl2IN3O2. The Morgan fingerprint density at radius 2 is 1.96 bits per heavy atom. The summed E-state index contributed by atoms with van der Waals surface area (Å²) in [6.07, 6.45) is 3.03. The predicted octanol–water partition coefficient (Wildman–Crippen LogP) is 3.51. The van der Waals surface area contributed by atoms with Gasteiger partial charge in [-0.15, -0.1) is 24.0 Å². The van der Waals surface area contributed by atoms with Crippen LogP contribution in [0.5, 0.6) is 0 Å². The summed E-state index contributed by atoms with van der Waals surface area (Å²) >= 11 is 12.0. The predicted molar refractivity (Wildman–Crippen MR) is 115 cm³/mol. The first-order valence-corrected chi connectivity index (χ1v) is 9.02. The molecule has 5 nitrogen and oxygen atoms in total. The fraction of sp³-hybridized carbons (Fsp3) is 0.588. The van der Waals surface area contributed by atoms with Crippen LogP contribution in [-0.4, -0.2) is 52.0 Å². The van der Waals surface area contributed by atoms with Crippen molar-refractivity contribution in [1.29, 1.82) is 0 Å². The summed E-state index contributed by atoms with van der Waals surface area (Å²) in [6.45, 7) is 3.85. The minimum atomic E-state index is 0. The number of nitrogens with zero attached hydrogens (tertiary/aromatic N) is 1. The molecule has 0 bridgehead atoms. The van der Waals surface area contributed by atoms with Gasteiger partial charge in [0.1, 0.15) is 0 Å². The minimum Gasteiger partial charge on any atom is -0.379 e. The summed E-state index contributed by atoms with van der Waals surface area (Å²) in [5.74, 6) is 0.785. The highest BCUT2D eigenvalue weighted by Crippen LogP contribution is 2.19. The Kier molecular flexibility index (Phi) is 11.8. The van der Waals surface area contributed by atoms with Gasteiger partial charge in [-0.2, -0.15) is 0 Å². The zero-order valence-electron chi connectivity index (χ0n) is 14.4. The minimum absolute atomic E-state index is 0. The Morgan fingerprint density at radius 3 is 2.60 bits per heavy atom. The van der Waals surface area contributed by atoms with Crippen LogP contribution in [0.2, 0.25) is 10.0 Å². The number of hydrogen-bond donors (Lipinski definition) is 2. The molecule has 25 heavy (non-hydrogen) atoms. The molecule has 1 aliphatic rings. The Bertz CT molecular complexity index is 520. The topological polar surface area (TPSA) is 54.9 Å². The molecule has 142 valence electrons. The first kappa shape index (κ1) is 22.8. The fourth-order valence-electron chi connectivity index (χ4n) is 2.47. The number of benzene rings is 1. The Hall–Kier alpha value is -0.280. The van der Waals surface area contributed by atoms with Gasteiger partial charge in [0.25, 0.3) is 0 Å². The van der Waals surface area contributed by atoms with Gasteiger partial charge in [0.05, 0.1) is 12.7 Å². The maximum Gasteiger partial charge on any atom is 0.190 e. The number of rotatable bonds is 8. The molecule has 1 unspecified atom stereocenters. The Morgan fingerprint density at radius 1 is 1.24 bits per heavy atom. The molecule has 1 saturated heterocycles. The lowest BCUT2D eigenvalue weighted by Gasteiger charge is -2.13. The molecule has 1 atom stereocenters. The molecule has 2 rings (SSSR count). The highest BCUT2D eigenvalue weighted by atomic mass is 127. The van der Waals surface area contributed by atoms with Crippen molar-refractivity contribution in [3.05, 3.63) is 33.8 Å². The van der Waals surface area contributed by atoms with Crippen LogP contribution in [0.3, 0.4) is 0 Å². The van der Waals surface area contributed by atoms with Crippen molar-refractivity contribution in [2.75, 3.05) is 40.0 Å². The number of halogens is 3. The second-order valence-electron chi connectivity index (χ2n) is 5.66. The van der Waals surface area contributed by atoms with E-state index in [0.29, 0.717) is 10.0 Å². The molecule has 0 saturated carbocycles. The van der Waals surface area contributed by atoms with Gasteiger partial charge in [-0.3, -0.25) is 4.99 Å². The molecule has 2 N–H and O–H groups in total. The largest absolute Gasteiger partial charge is 0.379 e. The van der Waals surface area contributed by atoms with Crippen molar-refractivity contribution in [2.45, 2.75) is 25.4 Å². The summed E-state index contributed by atoms with van der Waals surface area (Å²) in [4.78, 5) is 4.21. The summed E-state index contributed by atoms with van der Waals surface area (Å²) in [5.41, 5.74) is 1.10. The highest BCUT2D eigenvalue weighted by Gasteiger charge is 2.15. The molecule has 1 fully saturated rings. The third-order valence-corrected chi connectivity index (χ3v) is 4.14. The zero-order chi connectivity index (χ0) is 17.2. The molecule has 1 heterocycles. The molecule has 0 amide bonds. The van der Waals surface area contributed by atoms with E-state index in [1.807, 2.05) is 12.1 Å². The summed E-state index contributed by atoms with van der Waals surface area (Å²) in [5, 5.41) is 7.88. The lowest BCUT2D eigenvalue weighted by atomic mass is 10.1. The van der Waals surface area contributed by atoms with E-state index in [9.17, 15) is 0 Å².